The third-order valence-electron chi connectivity index (χ3n) is 2.77. The van der Waals surface area contributed by atoms with Crippen LogP contribution in [0.2, 0.25) is 5.02 Å². The molecule has 1 aromatic carbocycles. The first kappa shape index (κ1) is 13.5. The molecule has 2 N–H and O–H groups in total. The second-order valence-electron chi connectivity index (χ2n) is 4.43. The first-order valence-corrected chi connectivity index (χ1v) is 6.07. The molecule has 0 amide bonds. The molecule has 3 heteroatoms. The fourth-order valence-corrected chi connectivity index (χ4v) is 1.69. The molecule has 2 nitrogen and oxygen atoms in total. The molecule has 16 heavy (non-hydrogen) atoms. The summed E-state index contributed by atoms with van der Waals surface area (Å²) >= 11 is 5.84. The van der Waals surface area contributed by atoms with E-state index >= 15 is 0 Å². The summed E-state index contributed by atoms with van der Waals surface area (Å²) in [6.07, 6.45) is 0.675. The summed E-state index contributed by atoms with van der Waals surface area (Å²) in [7, 11) is 0. The zero-order valence-electron chi connectivity index (χ0n) is 10.1. The average molecular weight is 242 g/mol. The molecule has 0 aromatic heterocycles. The molecular weight excluding hydrogens is 222 g/mol. The molecule has 0 spiro atoms. The van der Waals surface area contributed by atoms with Crippen LogP contribution in [0.25, 0.3) is 0 Å². The van der Waals surface area contributed by atoms with E-state index in [9.17, 15) is 5.11 Å². The van der Waals surface area contributed by atoms with Crippen molar-refractivity contribution >= 4 is 11.6 Å². The van der Waals surface area contributed by atoms with Gasteiger partial charge in [-0.1, -0.05) is 44.5 Å². The van der Waals surface area contributed by atoms with Crippen LogP contribution in [0.1, 0.15) is 32.8 Å². The van der Waals surface area contributed by atoms with Crippen LogP contribution in [-0.4, -0.2) is 17.7 Å². The Balaban J connectivity index is 2.82. The third kappa shape index (κ3) is 3.48. The highest BCUT2D eigenvalue weighted by Crippen LogP contribution is 2.25. The fraction of sp³-hybridized carbons (Fsp3) is 0.538. The van der Waals surface area contributed by atoms with Crippen LogP contribution in [0, 0.1) is 0 Å². The molecule has 90 valence electrons. The van der Waals surface area contributed by atoms with Crippen LogP contribution in [0.5, 0.6) is 0 Å². The quantitative estimate of drug-likeness (QED) is 0.831. The molecular formula is C13H20ClNO. The summed E-state index contributed by atoms with van der Waals surface area (Å²) < 4.78 is 0. The van der Waals surface area contributed by atoms with E-state index in [0.717, 1.165) is 5.56 Å². The smallest absolute Gasteiger partial charge is 0.102 e. The van der Waals surface area contributed by atoms with Gasteiger partial charge in [0.25, 0.3) is 0 Å². The maximum absolute atomic E-state index is 10.5. The molecule has 0 aliphatic rings. The third-order valence-corrected chi connectivity index (χ3v) is 3.02. The molecule has 1 atom stereocenters. The van der Waals surface area contributed by atoms with E-state index in [-0.39, 0.29) is 0 Å². The summed E-state index contributed by atoms with van der Waals surface area (Å²) in [6.45, 7) is 6.68. The van der Waals surface area contributed by atoms with Crippen LogP contribution in [0.3, 0.4) is 0 Å². The Morgan fingerprint density at radius 3 is 2.31 bits per heavy atom. The van der Waals surface area contributed by atoms with Crippen molar-refractivity contribution in [2.45, 2.75) is 38.8 Å². The average Bonchev–Trinajstić information content (AvgIpc) is 2.27. The van der Waals surface area contributed by atoms with E-state index in [0.29, 0.717) is 24.0 Å². The van der Waals surface area contributed by atoms with Gasteiger partial charge >= 0.3 is 0 Å². The van der Waals surface area contributed by atoms with E-state index in [2.05, 4.69) is 19.2 Å². The van der Waals surface area contributed by atoms with Crippen molar-refractivity contribution in [2.24, 2.45) is 0 Å². The fourth-order valence-electron chi connectivity index (χ4n) is 1.56. The first-order chi connectivity index (χ1) is 7.48. The summed E-state index contributed by atoms with van der Waals surface area (Å²) in [5, 5.41) is 14.5. The van der Waals surface area contributed by atoms with E-state index < -0.39 is 5.60 Å². The predicted molar refractivity (Wildman–Crippen MR) is 68.8 cm³/mol. The number of nitrogens with one attached hydrogen (secondary N) is 1. The van der Waals surface area contributed by atoms with Gasteiger partial charge in [0.2, 0.25) is 0 Å². The van der Waals surface area contributed by atoms with Crippen LogP contribution >= 0.6 is 11.6 Å². The lowest BCUT2D eigenvalue weighted by atomic mass is 9.91. The normalized spacial score (nSPS) is 15.1. The largest absolute Gasteiger partial charge is 0.384 e. The Labute approximate surface area is 103 Å². The number of hydrogen-bond acceptors (Lipinski definition) is 2. The lowest BCUT2D eigenvalue weighted by Crippen LogP contribution is -2.40. The Morgan fingerprint density at radius 1 is 1.31 bits per heavy atom. The molecule has 0 aliphatic carbocycles. The number of halogens is 1. The van der Waals surface area contributed by atoms with Gasteiger partial charge in [0.05, 0.1) is 0 Å². The van der Waals surface area contributed by atoms with E-state index in [4.69, 9.17) is 11.6 Å². The van der Waals surface area contributed by atoms with Gasteiger partial charge in [-0.15, -0.1) is 0 Å². The summed E-state index contributed by atoms with van der Waals surface area (Å²) in [5.74, 6) is 0. The zero-order chi connectivity index (χ0) is 12.2. The van der Waals surface area contributed by atoms with Crippen LogP contribution < -0.4 is 5.32 Å². The minimum Gasteiger partial charge on any atom is -0.384 e. The van der Waals surface area contributed by atoms with Crippen molar-refractivity contribution in [3.63, 3.8) is 0 Å². The molecule has 1 aromatic rings. The van der Waals surface area contributed by atoms with Crippen LogP contribution in [0.15, 0.2) is 24.3 Å². The zero-order valence-corrected chi connectivity index (χ0v) is 10.9. The highest BCUT2D eigenvalue weighted by atomic mass is 35.5. The Hall–Kier alpha value is -0.570. The lowest BCUT2D eigenvalue weighted by Gasteiger charge is -2.29. The van der Waals surface area contributed by atoms with Gasteiger partial charge in [-0.05, 0) is 24.1 Å². The van der Waals surface area contributed by atoms with Crippen LogP contribution in [-0.2, 0) is 5.60 Å². The van der Waals surface area contributed by atoms with E-state index in [1.165, 1.54) is 0 Å². The van der Waals surface area contributed by atoms with Gasteiger partial charge in [-0.3, -0.25) is 0 Å². The lowest BCUT2D eigenvalue weighted by molar-refractivity contribution is 0.0308. The number of hydrogen-bond donors (Lipinski definition) is 2. The molecule has 0 bridgehead atoms. The molecule has 0 saturated heterocycles. The highest BCUT2D eigenvalue weighted by molar-refractivity contribution is 6.30. The van der Waals surface area contributed by atoms with Crippen molar-refractivity contribution in [1.82, 2.24) is 5.32 Å². The first-order valence-electron chi connectivity index (χ1n) is 5.70. The van der Waals surface area contributed by atoms with Gasteiger partial charge in [0.15, 0.2) is 0 Å². The van der Waals surface area contributed by atoms with Gasteiger partial charge in [-0.25, -0.2) is 0 Å². The maximum atomic E-state index is 10.5. The summed E-state index contributed by atoms with van der Waals surface area (Å²) in [4.78, 5) is 0. The Morgan fingerprint density at radius 2 is 1.88 bits per heavy atom. The SMILES string of the molecule is CCC(O)(CNC(C)C)c1ccc(Cl)cc1. The summed E-state index contributed by atoms with van der Waals surface area (Å²) in [6, 6.07) is 7.76. The van der Waals surface area contributed by atoms with Crippen LogP contribution in [0.4, 0.5) is 0 Å². The van der Waals surface area contributed by atoms with E-state index in [1.807, 2.05) is 31.2 Å². The molecule has 0 heterocycles. The number of rotatable bonds is 5. The van der Waals surface area contributed by atoms with Crippen molar-refractivity contribution in [3.05, 3.63) is 34.9 Å². The Kier molecular flexibility index (Phi) is 4.78. The summed E-state index contributed by atoms with van der Waals surface area (Å²) in [5.41, 5.74) is 0.0991. The highest BCUT2D eigenvalue weighted by Gasteiger charge is 2.26. The standard InChI is InChI=1S/C13H20ClNO/c1-4-13(16,9-15-10(2)3)11-5-7-12(14)8-6-11/h5-8,10,15-16H,4,9H2,1-3H3. The molecule has 1 unspecified atom stereocenters. The molecule has 1 rings (SSSR count). The predicted octanol–water partition coefficient (Wildman–Crippen LogP) is 2.94. The topological polar surface area (TPSA) is 32.3 Å². The van der Waals surface area contributed by atoms with Gasteiger partial charge < -0.3 is 10.4 Å². The second-order valence-corrected chi connectivity index (χ2v) is 4.86. The van der Waals surface area contributed by atoms with Gasteiger partial charge in [0.1, 0.15) is 5.60 Å². The monoisotopic (exact) mass is 241 g/mol. The van der Waals surface area contributed by atoms with Crippen molar-refractivity contribution in [2.75, 3.05) is 6.54 Å². The minimum atomic E-state index is -0.811. The maximum Gasteiger partial charge on any atom is 0.102 e. The van der Waals surface area contributed by atoms with Gasteiger partial charge in [0, 0.05) is 17.6 Å². The molecule has 0 radical (unpaired) electrons. The van der Waals surface area contributed by atoms with Crippen molar-refractivity contribution in [3.8, 4) is 0 Å². The molecule has 0 fully saturated rings. The minimum absolute atomic E-state index is 0.366. The van der Waals surface area contributed by atoms with Gasteiger partial charge in [-0.2, -0.15) is 0 Å². The number of benzene rings is 1. The Bertz CT molecular complexity index is 323. The number of aliphatic hydroxyl groups is 1. The van der Waals surface area contributed by atoms with E-state index in [1.54, 1.807) is 0 Å². The van der Waals surface area contributed by atoms with Crippen molar-refractivity contribution < 1.29 is 5.11 Å². The molecule has 0 saturated carbocycles. The second kappa shape index (κ2) is 5.67. The van der Waals surface area contributed by atoms with Crippen molar-refractivity contribution in [1.29, 1.82) is 0 Å². The molecule has 0 aliphatic heterocycles.